The van der Waals surface area contributed by atoms with Crippen LogP contribution in [0, 0.1) is 6.92 Å². The number of aliphatic imine (C=N–C) groups is 1. The zero-order valence-electron chi connectivity index (χ0n) is 22.0. The first-order valence-electron chi connectivity index (χ1n) is 11.9. The molecule has 0 saturated heterocycles. The standard InChI is InChI=1S/C29H44NOP/c1-11-12-15-29(9,32-25-14-13-20(2)16-21(25)19-30-10)24-18-22(27(3,4)5)17-23(26(24)31)28(6,7)8/h13-14,16-19,31-32H,11-12,15H2,1-10H3/b30-19+. The normalized spacial score (nSPS) is 15.1. The van der Waals surface area contributed by atoms with Crippen LogP contribution >= 0.6 is 8.58 Å². The number of aromatic hydroxyl groups is 1. The van der Waals surface area contributed by atoms with Crippen molar-refractivity contribution in [3.05, 3.63) is 58.1 Å². The van der Waals surface area contributed by atoms with Crippen LogP contribution in [0.5, 0.6) is 5.75 Å². The SMILES string of the molecule is CCCCC(C)(Pc1ccc(C)cc1/C=N/C)c1cc(C(C)(C)C)cc(C(C)(C)C)c1O. The Morgan fingerprint density at radius 1 is 0.938 bits per heavy atom. The molecule has 2 unspecified atom stereocenters. The van der Waals surface area contributed by atoms with Gasteiger partial charge in [-0.1, -0.05) is 107 Å². The van der Waals surface area contributed by atoms with Gasteiger partial charge in [0.05, 0.1) is 0 Å². The lowest BCUT2D eigenvalue weighted by Gasteiger charge is -2.36. The van der Waals surface area contributed by atoms with Gasteiger partial charge in [0.2, 0.25) is 0 Å². The first-order valence-corrected chi connectivity index (χ1v) is 12.9. The second kappa shape index (κ2) is 10.1. The monoisotopic (exact) mass is 453 g/mol. The summed E-state index contributed by atoms with van der Waals surface area (Å²) in [5.41, 5.74) is 5.77. The van der Waals surface area contributed by atoms with Gasteiger partial charge in [0, 0.05) is 24.0 Å². The van der Waals surface area contributed by atoms with Gasteiger partial charge in [-0.2, -0.15) is 0 Å². The van der Waals surface area contributed by atoms with E-state index in [1.54, 1.807) is 0 Å². The summed E-state index contributed by atoms with van der Waals surface area (Å²) in [5, 5.41) is 12.8. The molecule has 0 heterocycles. The topological polar surface area (TPSA) is 32.6 Å². The molecule has 0 aromatic heterocycles. The number of rotatable bonds is 7. The van der Waals surface area contributed by atoms with Gasteiger partial charge in [-0.15, -0.1) is 0 Å². The van der Waals surface area contributed by atoms with Crippen molar-refractivity contribution in [2.75, 3.05) is 7.05 Å². The molecule has 3 heteroatoms. The lowest BCUT2D eigenvalue weighted by atomic mass is 9.77. The molecule has 0 bridgehead atoms. The van der Waals surface area contributed by atoms with E-state index in [2.05, 4.69) is 97.6 Å². The minimum Gasteiger partial charge on any atom is -0.507 e. The molecular weight excluding hydrogens is 409 g/mol. The second-order valence-electron chi connectivity index (χ2n) is 11.5. The van der Waals surface area contributed by atoms with Gasteiger partial charge >= 0.3 is 0 Å². The Bertz CT molecular complexity index is 962. The summed E-state index contributed by atoms with van der Waals surface area (Å²) in [7, 11) is 2.38. The average Bonchev–Trinajstić information content (AvgIpc) is 2.67. The van der Waals surface area contributed by atoms with E-state index in [9.17, 15) is 5.11 Å². The largest absolute Gasteiger partial charge is 0.507 e. The van der Waals surface area contributed by atoms with Gasteiger partial charge in [0.25, 0.3) is 0 Å². The highest BCUT2D eigenvalue weighted by atomic mass is 31.1. The van der Waals surface area contributed by atoms with Gasteiger partial charge in [-0.05, 0) is 52.2 Å². The van der Waals surface area contributed by atoms with Crippen molar-refractivity contribution in [3.63, 3.8) is 0 Å². The highest BCUT2D eigenvalue weighted by molar-refractivity contribution is 7.48. The number of phenols is 1. The van der Waals surface area contributed by atoms with Crippen LogP contribution in [-0.2, 0) is 16.0 Å². The Labute approximate surface area is 198 Å². The van der Waals surface area contributed by atoms with E-state index in [0.29, 0.717) is 14.3 Å². The van der Waals surface area contributed by atoms with E-state index < -0.39 is 0 Å². The highest BCUT2D eigenvalue weighted by Gasteiger charge is 2.34. The maximum Gasteiger partial charge on any atom is 0.123 e. The van der Waals surface area contributed by atoms with Crippen LogP contribution in [0.4, 0.5) is 0 Å². The maximum absolute atomic E-state index is 11.6. The van der Waals surface area contributed by atoms with Gasteiger partial charge in [0.15, 0.2) is 0 Å². The van der Waals surface area contributed by atoms with Crippen molar-refractivity contribution < 1.29 is 5.11 Å². The van der Waals surface area contributed by atoms with Crippen molar-refractivity contribution in [3.8, 4) is 5.75 Å². The Balaban J connectivity index is 2.77. The predicted molar refractivity (Wildman–Crippen MR) is 145 cm³/mol. The molecule has 0 aliphatic heterocycles. The number of nitrogens with zero attached hydrogens (tertiary/aromatic N) is 1. The minimum absolute atomic E-state index is 0.0150. The van der Waals surface area contributed by atoms with Gasteiger partial charge in [-0.3, -0.25) is 4.99 Å². The zero-order valence-corrected chi connectivity index (χ0v) is 23.0. The third kappa shape index (κ3) is 6.22. The summed E-state index contributed by atoms with van der Waals surface area (Å²) in [6, 6.07) is 11.2. The number of benzene rings is 2. The second-order valence-corrected chi connectivity index (χ2v) is 13.4. The Kier molecular flexibility index (Phi) is 8.38. The van der Waals surface area contributed by atoms with Crippen LogP contribution < -0.4 is 5.30 Å². The van der Waals surface area contributed by atoms with Gasteiger partial charge in [0.1, 0.15) is 5.75 Å². The summed E-state index contributed by atoms with van der Waals surface area (Å²) >= 11 is 0. The van der Waals surface area contributed by atoms with Crippen molar-refractivity contribution in [1.29, 1.82) is 0 Å². The molecule has 2 atom stereocenters. The molecule has 2 rings (SSSR count). The third-order valence-electron chi connectivity index (χ3n) is 6.29. The van der Waals surface area contributed by atoms with E-state index in [0.717, 1.165) is 30.4 Å². The van der Waals surface area contributed by atoms with Crippen molar-refractivity contribution in [2.24, 2.45) is 4.99 Å². The smallest absolute Gasteiger partial charge is 0.123 e. The summed E-state index contributed by atoms with van der Waals surface area (Å²) in [6.07, 6.45) is 5.30. The van der Waals surface area contributed by atoms with Gasteiger partial charge < -0.3 is 5.11 Å². The molecule has 0 fully saturated rings. The van der Waals surface area contributed by atoms with E-state index >= 15 is 0 Å². The molecule has 0 spiro atoms. The van der Waals surface area contributed by atoms with Crippen LogP contribution in [-0.4, -0.2) is 18.4 Å². The molecule has 176 valence electrons. The average molecular weight is 454 g/mol. The quantitative estimate of drug-likeness (QED) is 0.337. The lowest BCUT2D eigenvalue weighted by Crippen LogP contribution is -2.25. The van der Waals surface area contributed by atoms with Crippen LogP contribution in [0.25, 0.3) is 0 Å². The Morgan fingerprint density at radius 2 is 1.56 bits per heavy atom. The Morgan fingerprint density at radius 3 is 2.09 bits per heavy atom. The number of hydrogen-bond acceptors (Lipinski definition) is 2. The molecule has 0 aliphatic carbocycles. The van der Waals surface area contributed by atoms with Crippen molar-refractivity contribution >= 4 is 20.1 Å². The number of phenolic OH excluding ortho intramolecular Hbond substituents is 1. The number of aryl methyl sites for hydroxylation is 1. The number of hydrogen-bond donors (Lipinski definition) is 1. The lowest BCUT2D eigenvalue weighted by molar-refractivity contribution is 0.425. The van der Waals surface area contributed by atoms with Crippen LogP contribution in [0.15, 0.2) is 35.3 Å². The molecule has 2 aromatic carbocycles. The maximum atomic E-state index is 11.6. The molecule has 32 heavy (non-hydrogen) atoms. The summed E-state index contributed by atoms with van der Waals surface area (Å²) < 4.78 is 0. The van der Waals surface area contributed by atoms with E-state index in [-0.39, 0.29) is 16.0 Å². The minimum atomic E-state index is -0.146. The molecule has 2 nitrogen and oxygen atoms in total. The predicted octanol–water partition coefficient (Wildman–Crippen LogP) is 7.75. The molecule has 0 radical (unpaired) electrons. The van der Waals surface area contributed by atoms with Gasteiger partial charge in [-0.25, -0.2) is 0 Å². The third-order valence-corrected chi connectivity index (χ3v) is 8.09. The van der Waals surface area contributed by atoms with Crippen LogP contribution in [0.3, 0.4) is 0 Å². The number of unbranched alkanes of at least 4 members (excludes halogenated alkanes) is 1. The summed E-state index contributed by atoms with van der Waals surface area (Å²) in [5.74, 6) is 0.481. The fraction of sp³-hybridized carbons (Fsp3) is 0.552. The highest BCUT2D eigenvalue weighted by Crippen LogP contribution is 2.51. The van der Waals surface area contributed by atoms with E-state index in [1.165, 1.54) is 22.0 Å². The van der Waals surface area contributed by atoms with Crippen LogP contribution in [0.2, 0.25) is 0 Å². The summed E-state index contributed by atoms with van der Waals surface area (Å²) in [6.45, 7) is 20.1. The van der Waals surface area contributed by atoms with Crippen LogP contribution in [0.1, 0.15) is 102 Å². The fourth-order valence-electron chi connectivity index (χ4n) is 4.19. The first-order chi connectivity index (χ1) is 14.7. The molecule has 2 aromatic rings. The fourth-order valence-corrected chi connectivity index (χ4v) is 5.86. The zero-order chi connectivity index (χ0) is 24.3. The summed E-state index contributed by atoms with van der Waals surface area (Å²) in [4.78, 5) is 4.31. The molecule has 0 saturated carbocycles. The Hall–Kier alpha value is -1.66. The van der Waals surface area contributed by atoms with Crippen molar-refractivity contribution in [1.82, 2.24) is 0 Å². The molecule has 1 N–H and O–H groups in total. The molecule has 0 amide bonds. The van der Waals surface area contributed by atoms with Crippen molar-refractivity contribution in [2.45, 2.75) is 97.6 Å². The van der Waals surface area contributed by atoms with E-state index in [4.69, 9.17) is 0 Å². The first kappa shape index (κ1) is 26.6. The van der Waals surface area contributed by atoms with E-state index in [1.807, 2.05) is 13.3 Å². The molecular formula is C29H44NOP. The molecule has 0 aliphatic rings.